The van der Waals surface area contributed by atoms with Gasteiger partial charge in [0.05, 0.1) is 6.61 Å². The van der Waals surface area contributed by atoms with E-state index in [-0.39, 0.29) is 15.9 Å². The van der Waals surface area contributed by atoms with Gasteiger partial charge in [0.2, 0.25) is 5.78 Å². The lowest BCUT2D eigenvalue weighted by Crippen LogP contribution is -2.59. The first-order chi connectivity index (χ1) is 12.3. The second kappa shape index (κ2) is 6.24. The molecule has 1 fully saturated rings. The van der Waals surface area contributed by atoms with Crippen LogP contribution in [0.1, 0.15) is 10.4 Å². The quantitative estimate of drug-likeness (QED) is 0.636. The molecular formula is C16H15F2N3O5. The van der Waals surface area contributed by atoms with E-state index in [2.05, 4.69) is 4.98 Å². The van der Waals surface area contributed by atoms with Crippen LogP contribution in [0.5, 0.6) is 0 Å². The highest BCUT2D eigenvalue weighted by atomic mass is 19.3. The number of anilines is 1. The Balaban J connectivity index is 2.30. The van der Waals surface area contributed by atoms with E-state index in [0.29, 0.717) is 0 Å². The Kier molecular flexibility index (Phi) is 4.34. The summed E-state index contributed by atoms with van der Waals surface area (Å²) < 4.78 is 35.6. The Morgan fingerprint density at radius 2 is 1.96 bits per heavy atom. The van der Waals surface area contributed by atoms with E-state index in [1.807, 2.05) is 0 Å². The Labute approximate surface area is 145 Å². The van der Waals surface area contributed by atoms with E-state index >= 15 is 8.78 Å². The van der Waals surface area contributed by atoms with Crippen molar-refractivity contribution in [1.29, 1.82) is 0 Å². The zero-order valence-electron chi connectivity index (χ0n) is 13.3. The van der Waals surface area contributed by atoms with Crippen molar-refractivity contribution in [2.45, 2.75) is 23.9 Å². The summed E-state index contributed by atoms with van der Waals surface area (Å²) in [7, 11) is 0. The summed E-state index contributed by atoms with van der Waals surface area (Å²) in [5.74, 6) is -5.75. The normalized spacial score (nSPS) is 27.4. The fourth-order valence-corrected chi connectivity index (χ4v) is 2.91. The highest BCUT2D eigenvalue weighted by molar-refractivity contribution is 6.02. The Morgan fingerprint density at radius 3 is 2.50 bits per heavy atom. The predicted molar refractivity (Wildman–Crippen MR) is 84.6 cm³/mol. The topological polar surface area (TPSA) is 128 Å². The number of aliphatic hydroxyl groups is 2. The number of ketones is 1. The van der Waals surface area contributed by atoms with E-state index in [1.165, 1.54) is 24.3 Å². The van der Waals surface area contributed by atoms with Crippen molar-refractivity contribution in [1.82, 2.24) is 9.55 Å². The van der Waals surface area contributed by atoms with Gasteiger partial charge >= 0.3 is 11.6 Å². The SMILES string of the molecule is Nc1ccn([C@]2(C(=O)c3ccccc3)O[C@H](CO)[C@@H](O)C2(F)F)c(=O)n1. The number of alkyl halides is 2. The molecule has 1 aromatic heterocycles. The lowest BCUT2D eigenvalue weighted by Gasteiger charge is -2.34. The molecule has 4 N–H and O–H groups in total. The minimum Gasteiger partial charge on any atom is -0.394 e. The van der Waals surface area contributed by atoms with Crippen LogP contribution in [0.2, 0.25) is 0 Å². The highest BCUT2D eigenvalue weighted by Crippen LogP contribution is 2.48. The number of Topliss-reactive ketones (excluding diaryl/α,β-unsaturated/α-hetero) is 1. The van der Waals surface area contributed by atoms with Gasteiger partial charge in [-0.2, -0.15) is 13.8 Å². The number of halogens is 2. The van der Waals surface area contributed by atoms with Crippen LogP contribution in [-0.4, -0.2) is 50.3 Å². The first kappa shape index (κ1) is 18.1. The Bertz CT molecular complexity index is 889. The van der Waals surface area contributed by atoms with Crippen LogP contribution >= 0.6 is 0 Å². The summed E-state index contributed by atoms with van der Waals surface area (Å²) in [6, 6.07) is 8.02. The molecule has 0 saturated carbocycles. The van der Waals surface area contributed by atoms with Crippen LogP contribution < -0.4 is 11.4 Å². The predicted octanol–water partition coefficient (Wildman–Crippen LogP) is -0.251. The summed E-state index contributed by atoms with van der Waals surface area (Å²) in [4.78, 5) is 28.6. The first-order valence-electron chi connectivity index (χ1n) is 7.55. The molecule has 8 nitrogen and oxygen atoms in total. The molecule has 1 saturated heterocycles. The van der Waals surface area contributed by atoms with Crippen LogP contribution in [0.3, 0.4) is 0 Å². The molecule has 3 rings (SSSR count). The summed E-state index contributed by atoms with van der Waals surface area (Å²) in [6.07, 6.45) is -3.47. The van der Waals surface area contributed by atoms with Crippen molar-refractivity contribution < 1.29 is 28.5 Å². The lowest BCUT2D eigenvalue weighted by atomic mass is 9.92. The lowest BCUT2D eigenvalue weighted by molar-refractivity contribution is -0.189. The number of aliphatic hydroxyl groups excluding tert-OH is 2. The second-order valence-electron chi connectivity index (χ2n) is 5.75. The van der Waals surface area contributed by atoms with Crippen molar-refractivity contribution in [2.75, 3.05) is 12.3 Å². The van der Waals surface area contributed by atoms with Crippen LogP contribution in [0.4, 0.5) is 14.6 Å². The summed E-state index contributed by atoms with van der Waals surface area (Å²) in [5.41, 5.74) is 0.711. The van der Waals surface area contributed by atoms with Gasteiger partial charge in [-0.25, -0.2) is 4.79 Å². The van der Waals surface area contributed by atoms with E-state index < -0.39 is 41.9 Å². The molecule has 10 heteroatoms. The molecule has 2 heterocycles. The molecule has 3 atom stereocenters. The fraction of sp³-hybridized carbons (Fsp3) is 0.312. The van der Waals surface area contributed by atoms with Crippen molar-refractivity contribution in [2.24, 2.45) is 0 Å². The van der Waals surface area contributed by atoms with Crippen molar-refractivity contribution >= 4 is 11.6 Å². The van der Waals surface area contributed by atoms with E-state index in [9.17, 15) is 19.8 Å². The maximum Gasteiger partial charge on any atom is 0.352 e. The largest absolute Gasteiger partial charge is 0.394 e. The molecule has 0 aliphatic carbocycles. The van der Waals surface area contributed by atoms with E-state index in [4.69, 9.17) is 10.5 Å². The number of aromatic nitrogens is 2. The zero-order chi connectivity index (χ0) is 19.1. The molecule has 1 aliphatic rings. The van der Waals surface area contributed by atoms with Gasteiger partial charge in [-0.05, 0) is 6.07 Å². The average molecular weight is 367 g/mol. The molecule has 26 heavy (non-hydrogen) atoms. The number of carbonyl (C=O) groups excluding carboxylic acids is 1. The molecule has 0 spiro atoms. The molecule has 2 aromatic rings. The summed E-state index contributed by atoms with van der Waals surface area (Å²) in [6.45, 7) is -0.988. The van der Waals surface area contributed by atoms with Crippen molar-refractivity contribution in [3.05, 3.63) is 58.6 Å². The fourth-order valence-electron chi connectivity index (χ4n) is 2.91. The van der Waals surface area contributed by atoms with Gasteiger partial charge < -0.3 is 20.7 Å². The number of nitrogen functional groups attached to an aromatic ring is 1. The van der Waals surface area contributed by atoms with Gasteiger partial charge in [-0.3, -0.25) is 9.36 Å². The van der Waals surface area contributed by atoms with Crippen molar-refractivity contribution in [3.8, 4) is 0 Å². The monoisotopic (exact) mass is 367 g/mol. The minimum atomic E-state index is -4.24. The number of hydrogen-bond donors (Lipinski definition) is 3. The highest BCUT2D eigenvalue weighted by Gasteiger charge is 2.73. The average Bonchev–Trinajstić information content (AvgIpc) is 2.83. The standard InChI is InChI=1S/C16H15F2N3O5/c17-15(18)13(24)10(8-22)26-16(15,12(23)9-4-2-1-3-5-9)21-7-6-11(19)20-14(21)25/h1-7,10,13,22,24H,8H2,(H2,19,20,25)/t10-,13-,16-/m1/s1. The molecule has 0 unspecified atom stereocenters. The molecule has 0 radical (unpaired) electrons. The van der Waals surface area contributed by atoms with Crippen LogP contribution in [-0.2, 0) is 10.5 Å². The summed E-state index contributed by atoms with van der Waals surface area (Å²) >= 11 is 0. The molecule has 1 aliphatic heterocycles. The maximum atomic E-state index is 15.1. The third-order valence-corrected chi connectivity index (χ3v) is 4.19. The second-order valence-corrected chi connectivity index (χ2v) is 5.75. The number of benzene rings is 1. The molecule has 1 aromatic carbocycles. The van der Waals surface area contributed by atoms with E-state index in [1.54, 1.807) is 6.07 Å². The number of hydrogen-bond acceptors (Lipinski definition) is 7. The third-order valence-electron chi connectivity index (χ3n) is 4.19. The number of ether oxygens (including phenoxy) is 1. The Hall–Kier alpha value is -2.69. The van der Waals surface area contributed by atoms with E-state index in [0.717, 1.165) is 12.3 Å². The van der Waals surface area contributed by atoms with Gasteiger partial charge in [0.15, 0.2) is 6.10 Å². The van der Waals surface area contributed by atoms with Gasteiger partial charge in [-0.15, -0.1) is 0 Å². The van der Waals surface area contributed by atoms with Gasteiger partial charge in [-0.1, -0.05) is 30.3 Å². The van der Waals surface area contributed by atoms with Gasteiger partial charge in [0.1, 0.15) is 11.9 Å². The number of nitrogens with two attached hydrogens (primary N) is 1. The molecule has 138 valence electrons. The molecule has 0 bridgehead atoms. The van der Waals surface area contributed by atoms with Crippen LogP contribution in [0, 0.1) is 0 Å². The van der Waals surface area contributed by atoms with Gasteiger partial charge in [0, 0.05) is 11.8 Å². The number of rotatable bonds is 4. The van der Waals surface area contributed by atoms with Crippen LogP contribution in [0.25, 0.3) is 0 Å². The Morgan fingerprint density at radius 1 is 1.31 bits per heavy atom. The zero-order valence-corrected chi connectivity index (χ0v) is 13.3. The van der Waals surface area contributed by atoms with Crippen molar-refractivity contribution in [3.63, 3.8) is 0 Å². The first-order valence-corrected chi connectivity index (χ1v) is 7.55. The summed E-state index contributed by atoms with van der Waals surface area (Å²) in [5, 5.41) is 19.2. The maximum absolute atomic E-state index is 15.1. The molecular weight excluding hydrogens is 352 g/mol. The molecule has 0 amide bonds. The van der Waals surface area contributed by atoms with Gasteiger partial charge in [0.25, 0.3) is 5.72 Å². The number of nitrogens with zero attached hydrogens (tertiary/aromatic N) is 2. The smallest absolute Gasteiger partial charge is 0.352 e. The third kappa shape index (κ3) is 2.42. The minimum absolute atomic E-state index is 0.179. The van der Waals surface area contributed by atoms with Crippen LogP contribution in [0.15, 0.2) is 47.4 Å². The number of carbonyl (C=O) groups is 1.